The summed E-state index contributed by atoms with van der Waals surface area (Å²) in [6, 6.07) is 3.93. The van der Waals surface area contributed by atoms with E-state index in [0.717, 1.165) is 12.8 Å². The van der Waals surface area contributed by atoms with Crippen LogP contribution in [0.1, 0.15) is 64.2 Å². The minimum atomic E-state index is -0.754. The Kier molecular flexibility index (Phi) is 10.3. The van der Waals surface area contributed by atoms with E-state index in [4.69, 9.17) is 14.2 Å². The lowest BCUT2D eigenvalue weighted by Gasteiger charge is -2.12. The van der Waals surface area contributed by atoms with Crippen LogP contribution in [0.15, 0.2) is 103 Å². The predicted molar refractivity (Wildman–Crippen MR) is 131 cm³/mol. The molecule has 0 saturated heterocycles. The Morgan fingerprint density at radius 3 is 2.06 bits per heavy atom. The van der Waals surface area contributed by atoms with E-state index in [0.29, 0.717) is 12.2 Å². The summed E-state index contributed by atoms with van der Waals surface area (Å²) in [7, 11) is 0. The van der Waals surface area contributed by atoms with Gasteiger partial charge in [0.15, 0.2) is 0 Å². The fraction of sp³-hybridized carbons (Fsp3) is 0.179. The van der Waals surface area contributed by atoms with Gasteiger partial charge in [-0.05, 0) is 80.8 Å². The first-order valence-corrected chi connectivity index (χ1v) is 10.9. The molecule has 0 spiro atoms. The summed E-state index contributed by atoms with van der Waals surface area (Å²) < 4.78 is 16.1. The molecule has 6 heteroatoms. The molecule has 0 N–H and O–H groups in total. The second kappa shape index (κ2) is 13.4. The standard InChI is InChI=1S/C28H28O6/c1-5-9-14-24(8-4)33-27(30)21-17-20(26(29)32-23(7-3)13-6-2)18-22(19-21)28(31)34-25-15-11-10-12-16-25/h5,7-9,11,13-19H,1,3,6,10,12H2,2,4H3/b14-9-,23-13+,24-8+. The van der Waals surface area contributed by atoms with Crippen LogP contribution in [0.4, 0.5) is 0 Å². The van der Waals surface area contributed by atoms with Gasteiger partial charge in [0.05, 0.1) is 16.7 Å². The summed E-state index contributed by atoms with van der Waals surface area (Å²) in [6.45, 7) is 10.8. The zero-order chi connectivity index (χ0) is 24.9. The molecule has 0 bridgehead atoms. The van der Waals surface area contributed by atoms with Crippen molar-refractivity contribution in [3.8, 4) is 0 Å². The van der Waals surface area contributed by atoms with Gasteiger partial charge in [-0.3, -0.25) is 0 Å². The zero-order valence-electron chi connectivity index (χ0n) is 19.4. The fourth-order valence-corrected chi connectivity index (χ4v) is 2.86. The van der Waals surface area contributed by atoms with E-state index in [1.165, 1.54) is 30.4 Å². The van der Waals surface area contributed by atoms with Crippen LogP contribution in [0.25, 0.3) is 0 Å². The van der Waals surface area contributed by atoms with Crippen molar-refractivity contribution in [1.82, 2.24) is 0 Å². The molecule has 1 aliphatic rings. The molecule has 176 valence electrons. The van der Waals surface area contributed by atoms with Crippen molar-refractivity contribution >= 4 is 17.9 Å². The number of rotatable bonds is 10. The number of allylic oxidation sites excluding steroid dienone is 9. The van der Waals surface area contributed by atoms with Crippen molar-refractivity contribution in [3.63, 3.8) is 0 Å². The van der Waals surface area contributed by atoms with Crippen LogP contribution < -0.4 is 0 Å². The summed E-state index contributed by atoms with van der Waals surface area (Å²) >= 11 is 0. The van der Waals surface area contributed by atoms with Crippen LogP contribution in [0.5, 0.6) is 0 Å². The van der Waals surface area contributed by atoms with Gasteiger partial charge in [0.25, 0.3) is 0 Å². The van der Waals surface area contributed by atoms with Crippen molar-refractivity contribution < 1.29 is 28.6 Å². The number of hydrogen-bond donors (Lipinski definition) is 0. The molecule has 1 aliphatic carbocycles. The molecule has 0 atom stereocenters. The van der Waals surface area contributed by atoms with Gasteiger partial charge in [-0.2, -0.15) is 0 Å². The molecule has 0 unspecified atom stereocenters. The molecule has 1 aromatic carbocycles. The molecule has 0 fully saturated rings. The Balaban J connectivity index is 2.42. The van der Waals surface area contributed by atoms with E-state index in [-0.39, 0.29) is 28.2 Å². The maximum atomic E-state index is 12.8. The van der Waals surface area contributed by atoms with Gasteiger partial charge >= 0.3 is 17.9 Å². The Bertz CT molecular complexity index is 1070. The summed E-state index contributed by atoms with van der Waals surface area (Å²) in [5.41, 5.74) is -0.0211. The monoisotopic (exact) mass is 460 g/mol. The predicted octanol–water partition coefficient (Wildman–Crippen LogP) is 6.52. The molecule has 34 heavy (non-hydrogen) atoms. The SMILES string of the molecule is C=C/C=C\C(=C/C)OC(=O)c1cc(C(=O)OC2=CCCC=C2)cc(C(=O)O/C(C=C)=C/CC)c1. The first-order valence-electron chi connectivity index (χ1n) is 10.9. The maximum Gasteiger partial charge on any atom is 0.343 e. The van der Waals surface area contributed by atoms with Crippen LogP contribution in [0, 0.1) is 0 Å². The lowest BCUT2D eigenvalue weighted by Crippen LogP contribution is -2.13. The van der Waals surface area contributed by atoms with Gasteiger partial charge in [-0.1, -0.05) is 38.3 Å². The summed E-state index contributed by atoms with van der Waals surface area (Å²) in [4.78, 5) is 38.4. The van der Waals surface area contributed by atoms with Crippen molar-refractivity contribution in [2.45, 2.75) is 33.1 Å². The number of carbonyl (C=O) groups is 3. The summed E-state index contributed by atoms with van der Waals surface area (Å²) in [5, 5.41) is 0. The minimum absolute atomic E-state index is 0.00422. The first-order chi connectivity index (χ1) is 16.4. The largest absolute Gasteiger partial charge is 0.423 e. The van der Waals surface area contributed by atoms with E-state index in [1.54, 1.807) is 43.4 Å². The van der Waals surface area contributed by atoms with Crippen LogP contribution >= 0.6 is 0 Å². The molecule has 0 heterocycles. The van der Waals surface area contributed by atoms with Gasteiger partial charge in [0.1, 0.15) is 17.3 Å². The van der Waals surface area contributed by atoms with Crippen molar-refractivity contribution in [3.05, 3.63) is 120 Å². The quantitative estimate of drug-likeness (QED) is 0.171. The summed E-state index contributed by atoms with van der Waals surface area (Å²) in [6.07, 6.45) is 17.0. The van der Waals surface area contributed by atoms with Crippen LogP contribution in [0.3, 0.4) is 0 Å². The number of benzene rings is 1. The van der Waals surface area contributed by atoms with Crippen LogP contribution in [0.2, 0.25) is 0 Å². The lowest BCUT2D eigenvalue weighted by atomic mass is 10.1. The summed E-state index contributed by atoms with van der Waals surface area (Å²) in [5.74, 6) is -1.27. The Morgan fingerprint density at radius 1 is 0.941 bits per heavy atom. The van der Waals surface area contributed by atoms with Crippen LogP contribution in [-0.4, -0.2) is 17.9 Å². The van der Waals surface area contributed by atoms with Gasteiger partial charge in [-0.15, -0.1) is 0 Å². The van der Waals surface area contributed by atoms with Crippen molar-refractivity contribution in [2.75, 3.05) is 0 Å². The molecule has 1 aromatic rings. The topological polar surface area (TPSA) is 78.9 Å². The lowest BCUT2D eigenvalue weighted by molar-refractivity contribution is 0.0635. The molecule has 0 aliphatic heterocycles. The number of carbonyl (C=O) groups excluding carboxylic acids is 3. The Hall–Kier alpha value is -4.19. The van der Waals surface area contributed by atoms with Crippen molar-refractivity contribution in [2.24, 2.45) is 0 Å². The molecular formula is C28H28O6. The molecule has 0 radical (unpaired) electrons. The third-order valence-electron chi connectivity index (χ3n) is 4.52. The number of esters is 3. The number of ether oxygens (including phenoxy) is 3. The second-order valence-corrected chi connectivity index (χ2v) is 7.06. The minimum Gasteiger partial charge on any atom is -0.423 e. The fourth-order valence-electron chi connectivity index (χ4n) is 2.86. The van der Waals surface area contributed by atoms with Crippen LogP contribution in [-0.2, 0) is 14.2 Å². The number of hydrogen-bond acceptors (Lipinski definition) is 6. The second-order valence-electron chi connectivity index (χ2n) is 7.06. The zero-order valence-corrected chi connectivity index (χ0v) is 19.4. The highest BCUT2D eigenvalue weighted by molar-refractivity contribution is 6.01. The molecule has 0 saturated carbocycles. The van der Waals surface area contributed by atoms with Gasteiger partial charge in [-0.25, -0.2) is 14.4 Å². The highest BCUT2D eigenvalue weighted by atomic mass is 16.5. The van der Waals surface area contributed by atoms with E-state index in [9.17, 15) is 14.4 Å². The average Bonchev–Trinajstić information content (AvgIpc) is 2.86. The Morgan fingerprint density at radius 2 is 1.56 bits per heavy atom. The van der Waals surface area contributed by atoms with E-state index >= 15 is 0 Å². The average molecular weight is 461 g/mol. The van der Waals surface area contributed by atoms with E-state index in [1.807, 2.05) is 13.0 Å². The Labute approximate surface area is 199 Å². The molecule has 6 nitrogen and oxygen atoms in total. The smallest absolute Gasteiger partial charge is 0.343 e. The first kappa shape index (κ1) is 26.1. The third-order valence-corrected chi connectivity index (χ3v) is 4.52. The molecule has 0 amide bonds. The molecule has 2 rings (SSSR count). The van der Waals surface area contributed by atoms with E-state index in [2.05, 4.69) is 13.2 Å². The molecule has 0 aromatic heterocycles. The van der Waals surface area contributed by atoms with E-state index < -0.39 is 17.9 Å². The normalized spacial score (nSPS) is 13.8. The third kappa shape index (κ3) is 7.74. The highest BCUT2D eigenvalue weighted by Crippen LogP contribution is 2.19. The van der Waals surface area contributed by atoms with Gasteiger partial charge in [0, 0.05) is 0 Å². The van der Waals surface area contributed by atoms with Gasteiger partial charge < -0.3 is 14.2 Å². The van der Waals surface area contributed by atoms with Crippen molar-refractivity contribution in [1.29, 1.82) is 0 Å². The maximum absolute atomic E-state index is 12.8. The molecular weight excluding hydrogens is 432 g/mol. The van der Waals surface area contributed by atoms with Gasteiger partial charge in [0.2, 0.25) is 0 Å². The highest BCUT2D eigenvalue weighted by Gasteiger charge is 2.20.